The van der Waals surface area contributed by atoms with E-state index in [0.29, 0.717) is 6.07 Å². The zero-order chi connectivity index (χ0) is 22.3. The Morgan fingerprint density at radius 3 is 2.17 bits per heavy atom. The second-order valence-electron chi connectivity index (χ2n) is 7.09. The topological polar surface area (TPSA) is 57.7 Å². The van der Waals surface area contributed by atoms with Gasteiger partial charge in [0.25, 0.3) is 0 Å². The molecule has 0 bridgehead atoms. The monoisotopic (exact) mass is 444 g/mol. The molecule has 0 radical (unpaired) electrons. The number of carbonyl (C=O) groups is 1. The fourth-order valence-electron chi connectivity index (χ4n) is 3.37. The zero-order valence-corrected chi connectivity index (χ0v) is 17.1. The lowest BCUT2D eigenvalue weighted by molar-refractivity contribution is -0.138. The lowest BCUT2D eigenvalue weighted by atomic mass is 10.1. The van der Waals surface area contributed by atoms with Crippen LogP contribution in [0.3, 0.4) is 0 Å². The molecule has 1 fully saturated rings. The first-order valence-electron chi connectivity index (χ1n) is 9.14. The van der Waals surface area contributed by atoms with Crippen molar-refractivity contribution in [3.63, 3.8) is 0 Å². The van der Waals surface area contributed by atoms with Crippen LogP contribution in [0.1, 0.15) is 28.4 Å². The number of benzene rings is 2. The summed E-state index contributed by atoms with van der Waals surface area (Å²) in [6.45, 7) is 2.90. The summed E-state index contributed by atoms with van der Waals surface area (Å²) in [5.74, 6) is -0.861. The number of hydrogen-bond acceptors (Lipinski definition) is 4. The van der Waals surface area contributed by atoms with Gasteiger partial charge in [0.2, 0.25) is 10.0 Å². The highest BCUT2D eigenvalue weighted by molar-refractivity contribution is 7.89. The van der Waals surface area contributed by atoms with Crippen LogP contribution >= 0.6 is 0 Å². The Balaban J connectivity index is 1.78. The number of anilines is 1. The third-order valence-electron chi connectivity index (χ3n) is 5.09. The highest BCUT2D eigenvalue weighted by Crippen LogP contribution is 2.34. The zero-order valence-electron chi connectivity index (χ0n) is 16.3. The van der Waals surface area contributed by atoms with E-state index in [1.54, 1.807) is 4.90 Å². The van der Waals surface area contributed by atoms with Crippen molar-refractivity contribution in [3.8, 4) is 0 Å². The molecule has 0 atom stereocenters. The number of aryl methyl sites for hydroxylation is 1. The number of alkyl halides is 3. The number of piperazine rings is 1. The number of nitrogens with zero attached hydrogens (tertiary/aromatic N) is 2. The van der Waals surface area contributed by atoms with E-state index in [2.05, 4.69) is 0 Å². The van der Waals surface area contributed by atoms with Crippen LogP contribution in [0.4, 0.5) is 23.2 Å². The van der Waals surface area contributed by atoms with E-state index in [9.17, 15) is 30.8 Å². The Hall–Kier alpha value is -2.46. The Labute approximate surface area is 172 Å². The fourth-order valence-corrected chi connectivity index (χ4v) is 4.82. The van der Waals surface area contributed by atoms with Crippen LogP contribution in [0.5, 0.6) is 0 Å². The predicted octanol–water partition coefficient (Wildman–Crippen LogP) is 3.87. The summed E-state index contributed by atoms with van der Waals surface area (Å²) in [4.78, 5) is 12.6. The van der Waals surface area contributed by atoms with E-state index in [1.807, 2.05) is 0 Å². The summed E-state index contributed by atoms with van der Waals surface area (Å²) >= 11 is 0. The van der Waals surface area contributed by atoms with E-state index in [-0.39, 0.29) is 48.8 Å². The number of sulfonamides is 1. The lowest BCUT2D eigenvalue weighted by Gasteiger charge is -2.35. The van der Waals surface area contributed by atoms with Crippen LogP contribution < -0.4 is 4.90 Å². The number of halogens is 4. The smallest absolute Gasteiger partial charge is 0.367 e. The van der Waals surface area contributed by atoms with Gasteiger partial charge in [-0.3, -0.25) is 4.79 Å². The van der Waals surface area contributed by atoms with Gasteiger partial charge in [-0.15, -0.1) is 0 Å². The first-order chi connectivity index (χ1) is 13.9. The molecule has 30 heavy (non-hydrogen) atoms. The van der Waals surface area contributed by atoms with Crippen molar-refractivity contribution in [2.45, 2.75) is 24.9 Å². The van der Waals surface area contributed by atoms with E-state index in [4.69, 9.17) is 0 Å². The first kappa shape index (κ1) is 22.2. The molecular weight excluding hydrogens is 424 g/mol. The quantitative estimate of drug-likeness (QED) is 0.531. The molecule has 2 aromatic rings. The largest absolute Gasteiger partial charge is 0.416 e. The molecule has 0 aromatic heterocycles. The van der Waals surface area contributed by atoms with Crippen LogP contribution in [-0.2, 0) is 16.2 Å². The van der Waals surface area contributed by atoms with Crippen LogP contribution in [-0.4, -0.2) is 44.7 Å². The SMILES string of the molecule is CC(=O)c1ccc(N2CCN(S(=O)(=O)c3ccc(C)c(C(F)(F)F)c3)CC2)c(F)c1. The molecule has 2 aromatic carbocycles. The molecule has 1 saturated heterocycles. The molecule has 0 N–H and O–H groups in total. The summed E-state index contributed by atoms with van der Waals surface area (Å²) < 4.78 is 80.5. The molecule has 5 nitrogen and oxygen atoms in total. The van der Waals surface area contributed by atoms with Crippen LogP contribution in [0.15, 0.2) is 41.3 Å². The summed E-state index contributed by atoms with van der Waals surface area (Å²) in [6, 6.07) is 7.04. The minimum atomic E-state index is -4.65. The van der Waals surface area contributed by atoms with Crippen molar-refractivity contribution in [1.82, 2.24) is 4.31 Å². The average molecular weight is 444 g/mol. The molecule has 0 amide bonds. The van der Waals surface area contributed by atoms with Gasteiger partial charge in [-0.25, -0.2) is 12.8 Å². The van der Waals surface area contributed by atoms with Crippen LogP contribution in [0, 0.1) is 12.7 Å². The number of ketones is 1. The van der Waals surface area contributed by atoms with E-state index < -0.39 is 32.5 Å². The van der Waals surface area contributed by atoms with Crippen LogP contribution in [0.25, 0.3) is 0 Å². The number of rotatable bonds is 4. The predicted molar refractivity (Wildman–Crippen MR) is 104 cm³/mol. The van der Waals surface area contributed by atoms with Gasteiger partial charge in [0, 0.05) is 31.7 Å². The number of hydrogen-bond donors (Lipinski definition) is 0. The second kappa shape index (κ2) is 7.99. The van der Waals surface area contributed by atoms with Crippen molar-refractivity contribution >= 4 is 21.5 Å². The molecule has 1 aliphatic heterocycles. The van der Waals surface area contributed by atoms with E-state index >= 15 is 0 Å². The molecule has 0 saturated carbocycles. The van der Waals surface area contributed by atoms with Crippen molar-refractivity contribution in [3.05, 3.63) is 58.9 Å². The van der Waals surface area contributed by atoms with Gasteiger partial charge in [-0.05, 0) is 49.7 Å². The molecular formula is C20H20F4N2O3S. The summed E-state index contributed by atoms with van der Waals surface area (Å²) in [5, 5.41) is 0. The Morgan fingerprint density at radius 2 is 1.63 bits per heavy atom. The minimum absolute atomic E-state index is 0.00847. The highest BCUT2D eigenvalue weighted by atomic mass is 32.2. The van der Waals surface area contributed by atoms with Gasteiger partial charge < -0.3 is 4.90 Å². The molecule has 0 aliphatic carbocycles. The average Bonchev–Trinajstić information content (AvgIpc) is 2.67. The van der Waals surface area contributed by atoms with Gasteiger partial charge in [0.05, 0.1) is 16.1 Å². The number of Topliss-reactive ketones (excluding diaryl/α,β-unsaturated/α-hetero) is 1. The lowest BCUT2D eigenvalue weighted by Crippen LogP contribution is -2.49. The van der Waals surface area contributed by atoms with Crippen molar-refractivity contribution in [1.29, 1.82) is 0 Å². The van der Waals surface area contributed by atoms with E-state index in [0.717, 1.165) is 22.5 Å². The van der Waals surface area contributed by atoms with Gasteiger partial charge in [-0.1, -0.05) is 6.07 Å². The Kier molecular flexibility index (Phi) is 5.92. The van der Waals surface area contributed by atoms with Gasteiger partial charge in [0.1, 0.15) is 5.82 Å². The summed E-state index contributed by atoms with van der Waals surface area (Å²) in [5.41, 5.74) is -0.574. The third kappa shape index (κ3) is 4.34. The molecule has 1 heterocycles. The van der Waals surface area contributed by atoms with Crippen molar-refractivity contribution in [2.24, 2.45) is 0 Å². The van der Waals surface area contributed by atoms with Crippen molar-refractivity contribution in [2.75, 3.05) is 31.1 Å². The molecule has 0 spiro atoms. The minimum Gasteiger partial charge on any atom is -0.367 e. The van der Waals surface area contributed by atoms with Crippen molar-refractivity contribution < 1.29 is 30.8 Å². The van der Waals surface area contributed by atoms with Gasteiger partial charge >= 0.3 is 6.18 Å². The molecule has 1 aliphatic rings. The molecule has 0 unspecified atom stereocenters. The highest BCUT2D eigenvalue weighted by Gasteiger charge is 2.35. The molecule has 162 valence electrons. The fraction of sp³-hybridized carbons (Fsp3) is 0.350. The summed E-state index contributed by atoms with van der Waals surface area (Å²) in [7, 11) is -4.13. The third-order valence-corrected chi connectivity index (χ3v) is 6.98. The van der Waals surface area contributed by atoms with Gasteiger partial charge in [0.15, 0.2) is 5.78 Å². The molecule has 3 rings (SSSR count). The number of carbonyl (C=O) groups excluding carboxylic acids is 1. The first-order valence-corrected chi connectivity index (χ1v) is 10.6. The maximum atomic E-state index is 14.4. The maximum absolute atomic E-state index is 14.4. The van der Waals surface area contributed by atoms with Crippen LogP contribution in [0.2, 0.25) is 0 Å². The van der Waals surface area contributed by atoms with Gasteiger partial charge in [-0.2, -0.15) is 17.5 Å². The normalized spacial score (nSPS) is 16.0. The standard InChI is InChI=1S/C20H20F4N2O3S/c1-13-3-5-16(12-17(13)20(22,23)24)30(28,29)26-9-7-25(8-10-26)19-6-4-15(14(2)27)11-18(19)21/h3-6,11-12H,7-10H2,1-2H3. The molecule has 10 heteroatoms. The van der Waals surface area contributed by atoms with E-state index in [1.165, 1.54) is 26.0 Å². The summed E-state index contributed by atoms with van der Waals surface area (Å²) in [6.07, 6.45) is -4.65. The Bertz CT molecular complexity index is 1080. The maximum Gasteiger partial charge on any atom is 0.416 e. The Morgan fingerprint density at radius 1 is 1.00 bits per heavy atom. The second-order valence-corrected chi connectivity index (χ2v) is 9.03.